The van der Waals surface area contributed by atoms with Crippen LogP contribution in [-0.2, 0) is 15.0 Å². The van der Waals surface area contributed by atoms with Crippen molar-refractivity contribution in [2.75, 3.05) is 39.8 Å². The molecule has 21 heavy (non-hydrogen) atoms. The Balaban J connectivity index is 2.01. The van der Waals surface area contributed by atoms with E-state index in [2.05, 4.69) is 6.07 Å². The van der Waals surface area contributed by atoms with Gasteiger partial charge in [-0.05, 0) is 19.8 Å². The fourth-order valence-electron chi connectivity index (χ4n) is 2.69. The van der Waals surface area contributed by atoms with E-state index in [4.69, 9.17) is 5.26 Å². The van der Waals surface area contributed by atoms with Crippen molar-refractivity contribution in [1.82, 2.24) is 13.5 Å². The molecule has 2 aliphatic heterocycles. The SMILES string of the molecule is CCN(C)C(=O)[C@H]1CCCN(S(=O)(=O)N2CC(C#N)C2)C1. The zero-order valence-electron chi connectivity index (χ0n) is 12.5. The molecule has 0 unspecified atom stereocenters. The molecule has 0 saturated carbocycles. The minimum Gasteiger partial charge on any atom is -0.346 e. The molecule has 0 aromatic heterocycles. The van der Waals surface area contributed by atoms with Gasteiger partial charge >= 0.3 is 0 Å². The first kappa shape index (κ1) is 16.2. The first-order chi connectivity index (χ1) is 9.90. The van der Waals surface area contributed by atoms with Crippen molar-refractivity contribution in [3.63, 3.8) is 0 Å². The van der Waals surface area contributed by atoms with Crippen molar-refractivity contribution in [1.29, 1.82) is 5.26 Å². The molecule has 0 N–H and O–H groups in total. The number of rotatable bonds is 4. The quantitative estimate of drug-likeness (QED) is 0.724. The zero-order chi connectivity index (χ0) is 15.6. The van der Waals surface area contributed by atoms with Crippen LogP contribution in [0.4, 0.5) is 0 Å². The molecule has 2 aliphatic rings. The fraction of sp³-hybridized carbons (Fsp3) is 0.846. The molecule has 8 heteroatoms. The first-order valence-electron chi connectivity index (χ1n) is 7.30. The second kappa shape index (κ2) is 6.30. The van der Waals surface area contributed by atoms with Crippen molar-refractivity contribution in [3.8, 4) is 6.07 Å². The average molecular weight is 314 g/mol. The molecule has 2 fully saturated rings. The summed E-state index contributed by atoms with van der Waals surface area (Å²) >= 11 is 0. The Bertz CT molecular complexity index is 536. The number of piperidine rings is 1. The van der Waals surface area contributed by atoms with Gasteiger partial charge in [0.1, 0.15) is 0 Å². The predicted molar refractivity (Wildman–Crippen MR) is 77.2 cm³/mol. The summed E-state index contributed by atoms with van der Waals surface area (Å²) in [5, 5.41) is 8.75. The Labute approximate surface area is 126 Å². The van der Waals surface area contributed by atoms with Gasteiger partial charge in [-0.25, -0.2) is 0 Å². The van der Waals surface area contributed by atoms with Gasteiger partial charge in [-0.1, -0.05) is 0 Å². The second-order valence-electron chi connectivity index (χ2n) is 5.70. The van der Waals surface area contributed by atoms with Gasteiger partial charge in [0.2, 0.25) is 5.91 Å². The van der Waals surface area contributed by atoms with Crippen LogP contribution < -0.4 is 0 Å². The van der Waals surface area contributed by atoms with Crippen LogP contribution in [0.15, 0.2) is 0 Å². The van der Waals surface area contributed by atoms with Gasteiger partial charge in [0.25, 0.3) is 10.2 Å². The zero-order valence-corrected chi connectivity index (χ0v) is 13.3. The van der Waals surface area contributed by atoms with Crippen molar-refractivity contribution in [3.05, 3.63) is 0 Å². The van der Waals surface area contributed by atoms with E-state index >= 15 is 0 Å². The van der Waals surface area contributed by atoms with E-state index < -0.39 is 10.2 Å². The van der Waals surface area contributed by atoms with Gasteiger partial charge in [-0.15, -0.1) is 0 Å². The van der Waals surface area contributed by atoms with Crippen LogP contribution in [0.5, 0.6) is 0 Å². The summed E-state index contributed by atoms with van der Waals surface area (Å²) in [4.78, 5) is 13.8. The number of hydrogen-bond acceptors (Lipinski definition) is 4. The van der Waals surface area contributed by atoms with Crippen molar-refractivity contribution >= 4 is 16.1 Å². The normalized spacial score (nSPS) is 25.1. The highest BCUT2D eigenvalue weighted by molar-refractivity contribution is 7.86. The topological polar surface area (TPSA) is 84.7 Å². The van der Waals surface area contributed by atoms with Gasteiger partial charge in [-0.3, -0.25) is 4.79 Å². The van der Waals surface area contributed by atoms with Crippen LogP contribution in [0.1, 0.15) is 19.8 Å². The van der Waals surface area contributed by atoms with E-state index in [1.165, 1.54) is 8.61 Å². The summed E-state index contributed by atoms with van der Waals surface area (Å²) in [5.41, 5.74) is 0. The summed E-state index contributed by atoms with van der Waals surface area (Å²) < 4.78 is 27.6. The Morgan fingerprint density at radius 3 is 2.57 bits per heavy atom. The second-order valence-corrected chi connectivity index (χ2v) is 7.63. The van der Waals surface area contributed by atoms with Crippen LogP contribution in [-0.4, -0.2) is 67.6 Å². The summed E-state index contributed by atoms with van der Waals surface area (Å²) in [5.74, 6) is -0.448. The molecule has 2 saturated heterocycles. The Morgan fingerprint density at radius 2 is 2.00 bits per heavy atom. The van der Waals surface area contributed by atoms with E-state index in [9.17, 15) is 13.2 Å². The summed E-state index contributed by atoms with van der Waals surface area (Å²) in [7, 11) is -1.78. The van der Waals surface area contributed by atoms with Crippen molar-refractivity contribution < 1.29 is 13.2 Å². The lowest BCUT2D eigenvalue weighted by atomic mass is 9.98. The maximum atomic E-state index is 12.5. The molecule has 2 rings (SSSR count). The molecule has 0 radical (unpaired) electrons. The van der Waals surface area contributed by atoms with Crippen molar-refractivity contribution in [2.24, 2.45) is 11.8 Å². The lowest BCUT2D eigenvalue weighted by Gasteiger charge is -2.40. The minimum atomic E-state index is -3.52. The highest BCUT2D eigenvalue weighted by Gasteiger charge is 2.42. The third-order valence-corrected chi connectivity index (χ3v) is 6.20. The molecule has 1 amide bonds. The highest BCUT2D eigenvalue weighted by atomic mass is 32.2. The van der Waals surface area contributed by atoms with Crippen LogP contribution in [0, 0.1) is 23.2 Å². The molecule has 0 bridgehead atoms. The molecule has 2 heterocycles. The molecule has 118 valence electrons. The number of nitriles is 1. The van der Waals surface area contributed by atoms with Crippen LogP contribution >= 0.6 is 0 Å². The maximum absolute atomic E-state index is 12.5. The Morgan fingerprint density at radius 1 is 1.33 bits per heavy atom. The Kier molecular flexibility index (Phi) is 4.86. The number of amides is 1. The van der Waals surface area contributed by atoms with E-state index in [0.29, 0.717) is 19.5 Å². The smallest absolute Gasteiger partial charge is 0.282 e. The standard InChI is InChI=1S/C13H22N4O3S/c1-3-15(2)13(18)12-5-4-6-16(10-12)21(19,20)17-8-11(7-14)9-17/h11-12H,3-6,8-10H2,1-2H3/t12-/m0/s1. The summed E-state index contributed by atoms with van der Waals surface area (Å²) in [6.07, 6.45) is 1.43. The first-order valence-corrected chi connectivity index (χ1v) is 8.69. The third-order valence-electron chi connectivity index (χ3n) is 4.27. The predicted octanol–water partition coefficient (Wildman–Crippen LogP) is -0.123. The van der Waals surface area contributed by atoms with Gasteiger partial charge in [0.05, 0.1) is 17.9 Å². The number of carbonyl (C=O) groups excluding carboxylic acids is 1. The lowest BCUT2D eigenvalue weighted by molar-refractivity contribution is -0.135. The Hall–Kier alpha value is -1.17. The van der Waals surface area contributed by atoms with Gasteiger partial charge in [-0.2, -0.15) is 22.3 Å². The van der Waals surface area contributed by atoms with E-state index in [-0.39, 0.29) is 37.4 Å². The van der Waals surface area contributed by atoms with Gasteiger partial charge < -0.3 is 4.90 Å². The lowest BCUT2D eigenvalue weighted by Crippen LogP contribution is -2.57. The molecule has 7 nitrogen and oxygen atoms in total. The third kappa shape index (κ3) is 3.20. The van der Waals surface area contributed by atoms with Crippen LogP contribution in [0.25, 0.3) is 0 Å². The summed E-state index contributed by atoms with van der Waals surface area (Å²) in [6.45, 7) is 3.76. The fourth-order valence-corrected chi connectivity index (χ4v) is 4.48. The minimum absolute atomic E-state index is 0.0101. The van der Waals surface area contributed by atoms with E-state index in [1.54, 1.807) is 11.9 Å². The largest absolute Gasteiger partial charge is 0.346 e. The van der Waals surface area contributed by atoms with Crippen LogP contribution in [0.2, 0.25) is 0 Å². The molecular weight excluding hydrogens is 292 g/mol. The van der Waals surface area contributed by atoms with Gasteiger partial charge in [0.15, 0.2) is 0 Å². The molecular formula is C13H22N4O3S. The molecule has 1 atom stereocenters. The molecule has 0 aromatic carbocycles. The van der Waals surface area contributed by atoms with E-state index in [1.807, 2.05) is 6.92 Å². The van der Waals surface area contributed by atoms with Gasteiger partial charge in [0, 0.05) is 39.8 Å². The molecule has 0 aliphatic carbocycles. The molecule has 0 spiro atoms. The van der Waals surface area contributed by atoms with Crippen molar-refractivity contribution in [2.45, 2.75) is 19.8 Å². The van der Waals surface area contributed by atoms with Crippen LogP contribution in [0.3, 0.4) is 0 Å². The summed E-state index contributed by atoms with van der Waals surface area (Å²) in [6, 6.07) is 2.07. The number of carbonyl (C=O) groups is 1. The maximum Gasteiger partial charge on any atom is 0.282 e. The monoisotopic (exact) mass is 314 g/mol. The number of nitrogens with zero attached hydrogens (tertiary/aromatic N) is 4. The molecule has 0 aromatic rings. The average Bonchev–Trinajstić information content (AvgIpc) is 2.44. The highest BCUT2D eigenvalue weighted by Crippen LogP contribution is 2.26. The van der Waals surface area contributed by atoms with E-state index in [0.717, 1.165) is 6.42 Å². The number of hydrogen-bond donors (Lipinski definition) is 0.